The lowest BCUT2D eigenvalue weighted by molar-refractivity contribution is 0.402. The van der Waals surface area contributed by atoms with Gasteiger partial charge in [-0.3, -0.25) is 4.68 Å². The van der Waals surface area contributed by atoms with Crippen molar-refractivity contribution in [3.8, 4) is 0 Å². The topological polar surface area (TPSA) is 43.8 Å². The lowest BCUT2D eigenvalue weighted by Gasteiger charge is -2.32. The molecule has 0 saturated heterocycles. The molecule has 2 aromatic rings. The predicted molar refractivity (Wildman–Crippen MR) is 88.4 cm³/mol. The zero-order chi connectivity index (χ0) is 15.3. The molecule has 1 aromatic heterocycles. The van der Waals surface area contributed by atoms with Gasteiger partial charge in [-0.05, 0) is 31.4 Å². The van der Waals surface area contributed by atoms with Crippen molar-refractivity contribution in [2.24, 2.45) is 5.73 Å². The van der Waals surface area contributed by atoms with Crippen molar-refractivity contribution in [1.82, 2.24) is 9.78 Å². The molecule has 0 aliphatic heterocycles. The van der Waals surface area contributed by atoms with E-state index in [-0.39, 0.29) is 5.41 Å². The largest absolute Gasteiger partial charge is 0.330 e. The first-order valence-corrected chi connectivity index (χ1v) is 8.00. The van der Waals surface area contributed by atoms with Crippen LogP contribution in [-0.4, -0.2) is 16.3 Å². The molecular formula is C18H27N3. The quantitative estimate of drug-likeness (QED) is 0.848. The van der Waals surface area contributed by atoms with E-state index in [2.05, 4.69) is 66.9 Å². The second kappa shape index (κ2) is 6.90. The highest BCUT2D eigenvalue weighted by molar-refractivity contribution is 5.29. The van der Waals surface area contributed by atoms with E-state index in [4.69, 9.17) is 5.73 Å². The Hall–Kier alpha value is -1.61. The summed E-state index contributed by atoms with van der Waals surface area (Å²) in [6.07, 6.45) is 2.96. The zero-order valence-electron chi connectivity index (χ0n) is 13.5. The fourth-order valence-corrected chi connectivity index (χ4v) is 3.01. The van der Waals surface area contributed by atoms with Gasteiger partial charge in [-0.1, -0.05) is 44.2 Å². The van der Waals surface area contributed by atoms with Gasteiger partial charge in [0.1, 0.15) is 0 Å². The van der Waals surface area contributed by atoms with Crippen LogP contribution in [0.15, 0.2) is 36.4 Å². The summed E-state index contributed by atoms with van der Waals surface area (Å²) in [6, 6.07) is 12.9. The number of rotatable bonds is 7. The Bertz CT molecular complexity index is 553. The van der Waals surface area contributed by atoms with E-state index in [1.807, 2.05) is 0 Å². The molecule has 1 unspecified atom stereocenters. The van der Waals surface area contributed by atoms with E-state index >= 15 is 0 Å². The number of benzene rings is 1. The van der Waals surface area contributed by atoms with Crippen molar-refractivity contribution in [1.29, 1.82) is 0 Å². The van der Waals surface area contributed by atoms with Crippen LogP contribution < -0.4 is 5.73 Å². The Kier molecular flexibility index (Phi) is 5.18. The number of aromatic nitrogens is 2. The molecule has 3 heteroatoms. The monoisotopic (exact) mass is 285 g/mol. The van der Waals surface area contributed by atoms with Crippen LogP contribution in [0.25, 0.3) is 0 Å². The minimum Gasteiger partial charge on any atom is -0.330 e. The van der Waals surface area contributed by atoms with Crippen LogP contribution >= 0.6 is 0 Å². The summed E-state index contributed by atoms with van der Waals surface area (Å²) in [5.74, 6) is 0. The zero-order valence-corrected chi connectivity index (χ0v) is 13.5. The molecule has 3 nitrogen and oxygen atoms in total. The van der Waals surface area contributed by atoms with Crippen molar-refractivity contribution in [3.63, 3.8) is 0 Å². The molecule has 0 spiro atoms. The normalized spacial score (nSPS) is 14.1. The first-order chi connectivity index (χ1) is 10.2. The molecule has 1 heterocycles. The molecule has 1 aromatic carbocycles. The Morgan fingerprint density at radius 3 is 2.38 bits per heavy atom. The van der Waals surface area contributed by atoms with Gasteiger partial charge in [0.25, 0.3) is 0 Å². The van der Waals surface area contributed by atoms with Gasteiger partial charge in [0.2, 0.25) is 0 Å². The average molecular weight is 285 g/mol. The van der Waals surface area contributed by atoms with Crippen LogP contribution in [0.5, 0.6) is 0 Å². The fraction of sp³-hybridized carbons (Fsp3) is 0.500. The molecule has 1 atom stereocenters. The molecule has 2 N–H and O–H groups in total. The predicted octanol–water partition coefficient (Wildman–Crippen LogP) is 3.31. The third-order valence-corrected chi connectivity index (χ3v) is 4.55. The molecule has 0 amide bonds. The van der Waals surface area contributed by atoms with Crippen LogP contribution in [0, 0.1) is 0 Å². The molecule has 0 aliphatic rings. The summed E-state index contributed by atoms with van der Waals surface area (Å²) in [5, 5.41) is 4.67. The van der Waals surface area contributed by atoms with Gasteiger partial charge < -0.3 is 5.73 Å². The number of aryl methyl sites for hydroxylation is 2. The van der Waals surface area contributed by atoms with Crippen LogP contribution in [-0.2, 0) is 24.8 Å². The Morgan fingerprint density at radius 2 is 1.86 bits per heavy atom. The maximum absolute atomic E-state index is 6.20. The molecule has 0 radical (unpaired) electrons. The minimum absolute atomic E-state index is 0.000769. The average Bonchev–Trinajstić information content (AvgIpc) is 2.95. The van der Waals surface area contributed by atoms with Crippen LogP contribution in [0.2, 0.25) is 0 Å². The van der Waals surface area contributed by atoms with Crippen molar-refractivity contribution in [2.45, 2.75) is 52.0 Å². The third-order valence-electron chi connectivity index (χ3n) is 4.55. The Labute approximate surface area is 128 Å². The molecule has 0 aliphatic carbocycles. The maximum atomic E-state index is 6.20. The summed E-state index contributed by atoms with van der Waals surface area (Å²) in [4.78, 5) is 0. The lowest BCUT2D eigenvalue weighted by atomic mass is 9.74. The van der Waals surface area contributed by atoms with E-state index in [9.17, 15) is 0 Å². The number of nitrogens with two attached hydrogens (primary N) is 1. The summed E-state index contributed by atoms with van der Waals surface area (Å²) >= 11 is 0. The van der Waals surface area contributed by atoms with Gasteiger partial charge in [0, 0.05) is 30.6 Å². The fourth-order valence-electron chi connectivity index (χ4n) is 3.01. The van der Waals surface area contributed by atoms with Gasteiger partial charge in [0.05, 0.1) is 5.69 Å². The van der Waals surface area contributed by atoms with Crippen molar-refractivity contribution < 1.29 is 0 Å². The smallest absolute Gasteiger partial charge is 0.0624 e. The standard InChI is InChI=1S/C18H27N3/c1-4-16-12-17(21(6-3)20-16)13-18(5-2,14-19)15-10-8-7-9-11-15/h7-12H,4-6,13-14,19H2,1-3H3. The minimum atomic E-state index is -0.000769. The number of nitrogens with zero attached hydrogens (tertiary/aromatic N) is 2. The van der Waals surface area contributed by atoms with E-state index in [1.165, 1.54) is 17.0 Å². The summed E-state index contributed by atoms with van der Waals surface area (Å²) < 4.78 is 2.13. The highest BCUT2D eigenvalue weighted by Crippen LogP contribution is 2.31. The van der Waals surface area contributed by atoms with Crippen molar-refractivity contribution in [3.05, 3.63) is 53.3 Å². The molecule has 0 saturated carbocycles. The van der Waals surface area contributed by atoms with Gasteiger partial charge in [-0.2, -0.15) is 5.10 Å². The SMILES string of the molecule is CCc1cc(CC(CC)(CN)c2ccccc2)n(CC)n1. The summed E-state index contributed by atoms with van der Waals surface area (Å²) in [7, 11) is 0. The van der Waals surface area contributed by atoms with E-state index in [1.54, 1.807) is 0 Å². The van der Waals surface area contributed by atoms with Gasteiger partial charge >= 0.3 is 0 Å². The second-order valence-corrected chi connectivity index (χ2v) is 5.68. The van der Waals surface area contributed by atoms with E-state index in [0.717, 1.165) is 25.8 Å². The highest BCUT2D eigenvalue weighted by Gasteiger charge is 2.30. The Balaban J connectivity index is 2.39. The molecule has 114 valence electrons. The molecule has 21 heavy (non-hydrogen) atoms. The molecule has 0 fully saturated rings. The van der Waals surface area contributed by atoms with E-state index < -0.39 is 0 Å². The first kappa shape index (κ1) is 15.8. The van der Waals surface area contributed by atoms with Crippen LogP contribution in [0.3, 0.4) is 0 Å². The number of hydrogen-bond donors (Lipinski definition) is 1. The maximum Gasteiger partial charge on any atom is 0.0624 e. The molecule has 0 bridgehead atoms. The highest BCUT2D eigenvalue weighted by atomic mass is 15.3. The second-order valence-electron chi connectivity index (χ2n) is 5.68. The first-order valence-electron chi connectivity index (χ1n) is 8.00. The summed E-state index contributed by atoms with van der Waals surface area (Å²) in [5.41, 5.74) is 9.99. The van der Waals surface area contributed by atoms with Gasteiger partial charge in [-0.15, -0.1) is 0 Å². The molecule has 2 rings (SSSR count). The van der Waals surface area contributed by atoms with Gasteiger partial charge in [0.15, 0.2) is 0 Å². The number of hydrogen-bond acceptors (Lipinski definition) is 2. The Morgan fingerprint density at radius 1 is 1.14 bits per heavy atom. The van der Waals surface area contributed by atoms with Gasteiger partial charge in [-0.25, -0.2) is 0 Å². The summed E-state index contributed by atoms with van der Waals surface area (Å²) in [6.45, 7) is 8.10. The molecular weight excluding hydrogens is 258 g/mol. The third kappa shape index (κ3) is 3.18. The van der Waals surface area contributed by atoms with E-state index in [0.29, 0.717) is 6.54 Å². The lowest BCUT2D eigenvalue weighted by Crippen LogP contribution is -2.37. The van der Waals surface area contributed by atoms with Crippen molar-refractivity contribution >= 4 is 0 Å². The van der Waals surface area contributed by atoms with Crippen LogP contribution in [0.4, 0.5) is 0 Å². The van der Waals surface area contributed by atoms with Crippen molar-refractivity contribution in [2.75, 3.05) is 6.54 Å². The van der Waals surface area contributed by atoms with Crippen LogP contribution in [0.1, 0.15) is 44.1 Å².